The van der Waals surface area contributed by atoms with E-state index in [2.05, 4.69) is 15.6 Å². The number of aromatic nitrogens is 1. The summed E-state index contributed by atoms with van der Waals surface area (Å²) in [6, 6.07) is 9.40. The van der Waals surface area contributed by atoms with Gasteiger partial charge in [0.05, 0.1) is 5.56 Å². The van der Waals surface area contributed by atoms with Crippen LogP contribution in [0.1, 0.15) is 33.5 Å². The fourth-order valence-electron chi connectivity index (χ4n) is 3.39. The number of carbonyl (C=O) groups excluding carboxylic acids is 2. The number of carbonyl (C=O) groups is 2. The van der Waals surface area contributed by atoms with Crippen molar-refractivity contribution < 1.29 is 22.8 Å². The first-order valence-corrected chi connectivity index (χ1v) is 9.15. The lowest BCUT2D eigenvalue weighted by Crippen LogP contribution is -2.23. The Hall–Kier alpha value is -3.62. The Labute approximate surface area is 168 Å². The molecular formula is C21H16F3N3O3. The summed E-state index contributed by atoms with van der Waals surface area (Å²) in [6.45, 7) is 0.343. The van der Waals surface area contributed by atoms with Crippen LogP contribution in [0.2, 0.25) is 0 Å². The van der Waals surface area contributed by atoms with Crippen LogP contribution in [0.4, 0.5) is 18.9 Å². The van der Waals surface area contributed by atoms with Gasteiger partial charge in [0.2, 0.25) is 5.91 Å². The molecule has 0 atom stereocenters. The van der Waals surface area contributed by atoms with E-state index >= 15 is 0 Å². The molecule has 4 rings (SSSR count). The molecule has 1 aliphatic rings. The van der Waals surface area contributed by atoms with E-state index in [9.17, 15) is 27.6 Å². The van der Waals surface area contributed by atoms with Crippen LogP contribution in [0.15, 0.2) is 47.3 Å². The van der Waals surface area contributed by atoms with Crippen LogP contribution in [0.25, 0.3) is 10.9 Å². The van der Waals surface area contributed by atoms with Crippen LogP contribution in [0.5, 0.6) is 0 Å². The predicted molar refractivity (Wildman–Crippen MR) is 104 cm³/mol. The highest BCUT2D eigenvalue weighted by molar-refractivity contribution is 6.05. The molecule has 6 nitrogen and oxygen atoms in total. The van der Waals surface area contributed by atoms with E-state index in [0.29, 0.717) is 30.5 Å². The first-order valence-electron chi connectivity index (χ1n) is 9.15. The normalized spacial score (nSPS) is 14.0. The van der Waals surface area contributed by atoms with Crippen LogP contribution >= 0.6 is 0 Å². The van der Waals surface area contributed by atoms with Crippen molar-refractivity contribution in [2.24, 2.45) is 0 Å². The topological polar surface area (TPSA) is 91.1 Å². The zero-order valence-corrected chi connectivity index (χ0v) is 15.5. The monoisotopic (exact) mass is 415 g/mol. The maximum atomic E-state index is 12.9. The SMILES string of the molecule is O=C1CCc2ccc(NC(=O)c3cc4ccc(C(F)(F)F)cc4[nH]c3=O)cc2CN1. The number of alkyl halides is 3. The van der Waals surface area contributed by atoms with Gasteiger partial charge in [0.25, 0.3) is 11.5 Å². The number of benzene rings is 2. The first kappa shape index (κ1) is 19.7. The third-order valence-corrected chi connectivity index (χ3v) is 4.98. The van der Waals surface area contributed by atoms with Gasteiger partial charge in [0.15, 0.2) is 0 Å². The molecule has 2 aromatic carbocycles. The van der Waals surface area contributed by atoms with Gasteiger partial charge in [-0.05, 0) is 53.3 Å². The van der Waals surface area contributed by atoms with Crippen LogP contribution in [0.3, 0.4) is 0 Å². The summed E-state index contributed by atoms with van der Waals surface area (Å²) < 4.78 is 38.6. The van der Waals surface area contributed by atoms with Gasteiger partial charge >= 0.3 is 6.18 Å². The number of fused-ring (bicyclic) bond motifs is 2. The molecule has 30 heavy (non-hydrogen) atoms. The zero-order valence-electron chi connectivity index (χ0n) is 15.5. The third-order valence-electron chi connectivity index (χ3n) is 4.98. The van der Waals surface area contributed by atoms with E-state index in [1.807, 2.05) is 6.07 Å². The summed E-state index contributed by atoms with van der Waals surface area (Å²) in [6.07, 6.45) is -3.55. The van der Waals surface area contributed by atoms with Crippen molar-refractivity contribution in [2.75, 3.05) is 5.32 Å². The molecule has 0 radical (unpaired) electrons. The molecular weight excluding hydrogens is 399 g/mol. The van der Waals surface area contributed by atoms with E-state index in [1.54, 1.807) is 12.1 Å². The van der Waals surface area contributed by atoms with Crippen LogP contribution < -0.4 is 16.2 Å². The molecule has 1 aromatic heterocycles. The van der Waals surface area contributed by atoms with Gasteiger partial charge in [-0.15, -0.1) is 0 Å². The Kier molecular flexibility index (Phi) is 4.81. The van der Waals surface area contributed by atoms with Gasteiger partial charge < -0.3 is 15.6 Å². The number of hydrogen-bond acceptors (Lipinski definition) is 3. The molecule has 0 bridgehead atoms. The minimum absolute atomic E-state index is 0.00727. The molecule has 3 N–H and O–H groups in total. The lowest BCUT2D eigenvalue weighted by Gasteiger charge is -2.11. The maximum absolute atomic E-state index is 12.9. The summed E-state index contributed by atoms with van der Waals surface area (Å²) in [4.78, 5) is 38.8. The lowest BCUT2D eigenvalue weighted by atomic mass is 10.0. The number of anilines is 1. The third kappa shape index (κ3) is 3.91. The quantitative estimate of drug-likeness (QED) is 0.600. The van der Waals surface area contributed by atoms with E-state index < -0.39 is 23.2 Å². The Morgan fingerprint density at radius 1 is 0.967 bits per heavy atom. The fraction of sp³-hybridized carbons (Fsp3) is 0.190. The van der Waals surface area contributed by atoms with Crippen LogP contribution in [-0.2, 0) is 23.9 Å². The molecule has 3 aromatic rings. The minimum Gasteiger partial charge on any atom is -0.352 e. The van der Waals surface area contributed by atoms with Gasteiger partial charge in [0, 0.05) is 24.2 Å². The van der Waals surface area contributed by atoms with Crippen molar-refractivity contribution in [2.45, 2.75) is 25.6 Å². The summed E-state index contributed by atoms with van der Waals surface area (Å²) in [7, 11) is 0. The summed E-state index contributed by atoms with van der Waals surface area (Å²) in [5.74, 6) is -0.733. The second-order valence-corrected chi connectivity index (χ2v) is 7.03. The second kappa shape index (κ2) is 7.33. The lowest BCUT2D eigenvalue weighted by molar-refractivity contribution is -0.137. The Bertz CT molecular complexity index is 1230. The summed E-state index contributed by atoms with van der Waals surface area (Å²) >= 11 is 0. The Morgan fingerprint density at radius 2 is 1.77 bits per heavy atom. The zero-order chi connectivity index (χ0) is 21.5. The maximum Gasteiger partial charge on any atom is 0.416 e. The molecule has 2 heterocycles. The van der Waals surface area contributed by atoms with Crippen molar-refractivity contribution in [3.63, 3.8) is 0 Å². The van der Waals surface area contributed by atoms with Crippen molar-refractivity contribution >= 4 is 28.4 Å². The number of pyridine rings is 1. The van der Waals surface area contributed by atoms with Crippen molar-refractivity contribution in [3.05, 3.63) is 75.1 Å². The second-order valence-electron chi connectivity index (χ2n) is 7.03. The standard InChI is InChI=1S/C21H16F3N3O3/c22-21(23,24)14-4-1-12-8-16(20(30)27-17(12)9-14)19(29)26-15-5-2-11-3-6-18(28)25-10-13(11)7-15/h1-2,4-5,7-9H,3,6,10H2,(H,25,28)(H,26,29)(H,27,30). The molecule has 154 valence electrons. The van der Waals surface area contributed by atoms with E-state index in [0.717, 1.165) is 23.3 Å². The molecule has 9 heteroatoms. The van der Waals surface area contributed by atoms with E-state index in [1.165, 1.54) is 12.1 Å². The number of aryl methyl sites for hydroxylation is 1. The highest BCUT2D eigenvalue weighted by Crippen LogP contribution is 2.30. The molecule has 0 unspecified atom stereocenters. The number of H-pyrrole nitrogens is 1. The Morgan fingerprint density at radius 3 is 2.53 bits per heavy atom. The van der Waals surface area contributed by atoms with E-state index in [4.69, 9.17) is 0 Å². The van der Waals surface area contributed by atoms with E-state index in [-0.39, 0.29) is 17.0 Å². The number of halogens is 3. The highest BCUT2D eigenvalue weighted by atomic mass is 19.4. The fourth-order valence-corrected chi connectivity index (χ4v) is 3.39. The molecule has 0 spiro atoms. The first-order chi connectivity index (χ1) is 14.2. The number of nitrogens with one attached hydrogen (secondary N) is 3. The Balaban J connectivity index is 1.61. The summed E-state index contributed by atoms with van der Waals surface area (Å²) in [5.41, 5.74) is 0.404. The van der Waals surface area contributed by atoms with Gasteiger partial charge in [0.1, 0.15) is 5.56 Å². The largest absolute Gasteiger partial charge is 0.416 e. The molecule has 0 saturated carbocycles. The molecule has 0 aliphatic carbocycles. The molecule has 0 fully saturated rings. The highest BCUT2D eigenvalue weighted by Gasteiger charge is 2.30. The predicted octanol–water partition coefficient (Wildman–Crippen LogP) is 3.36. The van der Waals surface area contributed by atoms with Crippen molar-refractivity contribution in [3.8, 4) is 0 Å². The number of aromatic amines is 1. The van der Waals surface area contributed by atoms with Gasteiger partial charge in [-0.2, -0.15) is 13.2 Å². The van der Waals surface area contributed by atoms with Gasteiger partial charge in [-0.3, -0.25) is 14.4 Å². The van der Waals surface area contributed by atoms with Crippen LogP contribution in [0, 0.1) is 0 Å². The molecule has 2 amide bonds. The minimum atomic E-state index is -4.54. The average Bonchev–Trinajstić information content (AvgIpc) is 2.87. The van der Waals surface area contributed by atoms with Crippen molar-refractivity contribution in [1.82, 2.24) is 10.3 Å². The molecule has 0 saturated heterocycles. The van der Waals surface area contributed by atoms with Gasteiger partial charge in [-0.1, -0.05) is 12.1 Å². The van der Waals surface area contributed by atoms with Gasteiger partial charge in [-0.25, -0.2) is 0 Å². The number of rotatable bonds is 2. The van der Waals surface area contributed by atoms with Crippen molar-refractivity contribution in [1.29, 1.82) is 0 Å². The number of amides is 2. The summed E-state index contributed by atoms with van der Waals surface area (Å²) in [5, 5.41) is 5.70. The average molecular weight is 415 g/mol. The number of hydrogen-bond donors (Lipinski definition) is 3. The molecule has 1 aliphatic heterocycles. The smallest absolute Gasteiger partial charge is 0.352 e. The van der Waals surface area contributed by atoms with Crippen LogP contribution in [-0.4, -0.2) is 16.8 Å².